The quantitative estimate of drug-likeness (QED) is 0.592. The Bertz CT molecular complexity index is 1190. The van der Waals surface area contributed by atoms with E-state index >= 15 is 0 Å². The summed E-state index contributed by atoms with van der Waals surface area (Å²) in [5.74, 6) is -1.91. The van der Waals surface area contributed by atoms with Crippen molar-refractivity contribution in [1.29, 1.82) is 0 Å². The van der Waals surface area contributed by atoms with Gasteiger partial charge in [0.2, 0.25) is 0 Å². The number of rotatable bonds is 5. The highest BCUT2D eigenvalue weighted by atomic mass is 19.1. The number of carboxylic acid groups (broad SMARTS) is 1. The number of aromatic carboxylic acids is 1. The van der Waals surface area contributed by atoms with E-state index in [-0.39, 0.29) is 5.56 Å². The third-order valence-electron chi connectivity index (χ3n) is 5.92. The number of nitrogens with zero attached hydrogens (tertiary/aromatic N) is 2. The average Bonchev–Trinajstić information content (AvgIpc) is 2.81. The molecule has 0 saturated carbocycles. The van der Waals surface area contributed by atoms with Crippen molar-refractivity contribution in [3.8, 4) is 0 Å². The molecule has 7 heteroatoms. The Morgan fingerprint density at radius 1 is 0.848 bits per heavy atom. The van der Waals surface area contributed by atoms with Crippen molar-refractivity contribution >= 4 is 28.9 Å². The highest BCUT2D eigenvalue weighted by Gasteiger charge is 2.23. The van der Waals surface area contributed by atoms with E-state index in [1.807, 2.05) is 0 Å². The molecule has 1 amide bonds. The van der Waals surface area contributed by atoms with Gasteiger partial charge in [0, 0.05) is 43.1 Å². The molecule has 2 N–H and O–H groups in total. The smallest absolute Gasteiger partial charge is 0.337 e. The van der Waals surface area contributed by atoms with Crippen LogP contribution in [-0.2, 0) is 0 Å². The van der Waals surface area contributed by atoms with Gasteiger partial charge in [-0.2, -0.15) is 0 Å². The van der Waals surface area contributed by atoms with Crippen molar-refractivity contribution in [2.75, 3.05) is 41.3 Å². The highest BCUT2D eigenvalue weighted by Crippen LogP contribution is 2.28. The van der Waals surface area contributed by atoms with Crippen LogP contribution in [-0.4, -0.2) is 43.2 Å². The fraction of sp³-hybridized carbons (Fsp3) is 0.231. The molecule has 3 aromatic carbocycles. The number of nitrogens with one attached hydrogen (secondary N) is 1. The number of carbonyl (C=O) groups excluding carboxylic acids is 1. The molecule has 0 aliphatic carbocycles. The van der Waals surface area contributed by atoms with E-state index in [4.69, 9.17) is 0 Å². The van der Waals surface area contributed by atoms with Crippen LogP contribution >= 0.6 is 0 Å². The number of halogens is 1. The number of carbonyl (C=O) groups is 2. The Labute approximate surface area is 192 Å². The lowest BCUT2D eigenvalue weighted by Crippen LogP contribution is -2.47. The first-order chi connectivity index (χ1) is 15.8. The fourth-order valence-corrected chi connectivity index (χ4v) is 4.11. The van der Waals surface area contributed by atoms with Gasteiger partial charge in [0.25, 0.3) is 5.91 Å². The average molecular weight is 448 g/mol. The summed E-state index contributed by atoms with van der Waals surface area (Å²) in [4.78, 5) is 28.8. The van der Waals surface area contributed by atoms with Gasteiger partial charge in [0.15, 0.2) is 0 Å². The summed E-state index contributed by atoms with van der Waals surface area (Å²) in [5.41, 5.74) is 5.08. The molecule has 6 nitrogen and oxygen atoms in total. The number of aryl methyl sites for hydroxylation is 2. The first kappa shape index (κ1) is 22.3. The van der Waals surface area contributed by atoms with Gasteiger partial charge in [-0.25, -0.2) is 9.18 Å². The largest absolute Gasteiger partial charge is 0.478 e. The van der Waals surface area contributed by atoms with E-state index < -0.39 is 17.7 Å². The van der Waals surface area contributed by atoms with Crippen molar-refractivity contribution in [2.45, 2.75) is 13.8 Å². The first-order valence-electron chi connectivity index (χ1n) is 10.8. The van der Waals surface area contributed by atoms with Crippen molar-refractivity contribution in [1.82, 2.24) is 0 Å². The van der Waals surface area contributed by atoms with Crippen molar-refractivity contribution in [3.05, 3.63) is 88.7 Å². The number of carboxylic acids is 1. The van der Waals surface area contributed by atoms with Crippen LogP contribution in [0.3, 0.4) is 0 Å². The minimum Gasteiger partial charge on any atom is -0.478 e. The predicted octanol–water partition coefficient (Wildman–Crippen LogP) is 4.72. The van der Waals surface area contributed by atoms with Crippen LogP contribution in [0.25, 0.3) is 0 Å². The highest BCUT2D eigenvalue weighted by molar-refractivity contribution is 6.05. The molecular weight excluding hydrogens is 421 g/mol. The van der Waals surface area contributed by atoms with Crippen molar-refractivity contribution in [3.63, 3.8) is 0 Å². The van der Waals surface area contributed by atoms with Gasteiger partial charge in [0.1, 0.15) is 5.82 Å². The molecule has 0 atom stereocenters. The van der Waals surface area contributed by atoms with Crippen LogP contribution in [0.1, 0.15) is 31.8 Å². The standard InChI is InChI=1S/C26H26FN3O3/c1-17-3-4-18(2)24(15-17)30-13-11-29(12-14-30)23-10-9-21(16-22(23)26(32)33)28-25(31)19-5-7-20(27)8-6-19/h3-10,15-16H,11-14H2,1-2H3,(H,28,31)(H,32,33). The SMILES string of the molecule is Cc1ccc(C)c(N2CCN(c3ccc(NC(=O)c4ccc(F)cc4)cc3C(=O)O)CC2)c1. The molecule has 0 radical (unpaired) electrons. The van der Waals surface area contributed by atoms with E-state index in [9.17, 15) is 19.1 Å². The molecule has 1 fully saturated rings. The monoisotopic (exact) mass is 447 g/mol. The maximum absolute atomic E-state index is 13.1. The third-order valence-corrected chi connectivity index (χ3v) is 5.92. The van der Waals surface area contributed by atoms with Gasteiger partial charge in [-0.15, -0.1) is 0 Å². The summed E-state index contributed by atoms with van der Waals surface area (Å²) in [5, 5.41) is 12.5. The van der Waals surface area contributed by atoms with Gasteiger partial charge in [-0.3, -0.25) is 4.79 Å². The van der Waals surface area contributed by atoms with Gasteiger partial charge in [-0.1, -0.05) is 12.1 Å². The van der Waals surface area contributed by atoms with E-state index in [1.54, 1.807) is 12.1 Å². The molecule has 170 valence electrons. The summed E-state index contributed by atoms with van der Waals surface area (Å²) >= 11 is 0. The van der Waals surface area contributed by atoms with Crippen LogP contribution in [0.4, 0.5) is 21.5 Å². The predicted molar refractivity (Wildman–Crippen MR) is 128 cm³/mol. The number of piperazine rings is 1. The van der Waals surface area contributed by atoms with Crippen LogP contribution in [0.2, 0.25) is 0 Å². The van der Waals surface area contributed by atoms with Crippen LogP contribution in [0.5, 0.6) is 0 Å². The van der Waals surface area contributed by atoms with E-state index in [1.165, 1.54) is 47.1 Å². The van der Waals surface area contributed by atoms with Crippen molar-refractivity contribution < 1.29 is 19.1 Å². The first-order valence-corrected chi connectivity index (χ1v) is 10.8. The maximum atomic E-state index is 13.1. The summed E-state index contributed by atoms with van der Waals surface area (Å²) in [6.07, 6.45) is 0. The lowest BCUT2D eigenvalue weighted by atomic mass is 10.1. The third kappa shape index (κ3) is 4.98. The summed E-state index contributed by atoms with van der Waals surface area (Å²) in [6, 6.07) is 16.5. The number of benzene rings is 3. The maximum Gasteiger partial charge on any atom is 0.337 e. The normalized spacial score (nSPS) is 13.7. The van der Waals surface area contributed by atoms with Crippen LogP contribution < -0.4 is 15.1 Å². The molecular formula is C26H26FN3O3. The molecule has 1 heterocycles. The minimum atomic E-state index is -1.06. The Balaban J connectivity index is 1.49. The van der Waals surface area contributed by atoms with E-state index in [2.05, 4.69) is 47.2 Å². The fourth-order valence-electron chi connectivity index (χ4n) is 4.11. The zero-order valence-electron chi connectivity index (χ0n) is 18.6. The molecule has 1 aliphatic heterocycles. The molecule has 3 aromatic rings. The molecule has 33 heavy (non-hydrogen) atoms. The molecule has 0 aromatic heterocycles. The molecule has 0 bridgehead atoms. The second-order valence-electron chi connectivity index (χ2n) is 8.26. The number of hydrogen-bond acceptors (Lipinski definition) is 4. The van der Waals surface area contributed by atoms with E-state index in [0.717, 1.165) is 13.1 Å². The Hall–Kier alpha value is -3.87. The Morgan fingerprint density at radius 3 is 2.12 bits per heavy atom. The Morgan fingerprint density at radius 2 is 1.48 bits per heavy atom. The Kier molecular flexibility index (Phi) is 6.31. The number of hydrogen-bond donors (Lipinski definition) is 2. The molecule has 0 spiro atoms. The van der Waals surface area contributed by atoms with Gasteiger partial charge in [-0.05, 0) is 73.5 Å². The minimum absolute atomic E-state index is 0.132. The van der Waals surface area contributed by atoms with E-state index in [0.29, 0.717) is 30.0 Å². The summed E-state index contributed by atoms with van der Waals surface area (Å²) < 4.78 is 13.1. The number of anilines is 3. The van der Waals surface area contributed by atoms with Gasteiger partial charge >= 0.3 is 5.97 Å². The van der Waals surface area contributed by atoms with Crippen LogP contribution in [0, 0.1) is 19.7 Å². The lowest BCUT2D eigenvalue weighted by molar-refractivity contribution is 0.0697. The molecule has 1 aliphatic rings. The zero-order valence-corrected chi connectivity index (χ0v) is 18.6. The number of amides is 1. The molecule has 0 unspecified atom stereocenters. The lowest BCUT2D eigenvalue weighted by Gasteiger charge is -2.38. The summed E-state index contributed by atoms with van der Waals surface area (Å²) in [6.45, 7) is 7.13. The molecule has 4 rings (SSSR count). The summed E-state index contributed by atoms with van der Waals surface area (Å²) in [7, 11) is 0. The second kappa shape index (κ2) is 9.32. The van der Waals surface area contributed by atoms with Gasteiger partial charge < -0.3 is 20.2 Å². The van der Waals surface area contributed by atoms with Crippen molar-refractivity contribution in [2.24, 2.45) is 0 Å². The van der Waals surface area contributed by atoms with Gasteiger partial charge in [0.05, 0.1) is 11.3 Å². The zero-order chi connectivity index (χ0) is 23.5. The molecule has 1 saturated heterocycles. The topological polar surface area (TPSA) is 72.9 Å². The second-order valence-corrected chi connectivity index (χ2v) is 8.26. The van der Waals surface area contributed by atoms with Crippen LogP contribution in [0.15, 0.2) is 60.7 Å².